The normalized spacial score (nSPS) is 16.8. The van der Waals surface area contributed by atoms with Crippen molar-refractivity contribution in [1.82, 2.24) is 20.1 Å². The van der Waals surface area contributed by atoms with Crippen LogP contribution in [0.1, 0.15) is 5.56 Å². The molecule has 25 heavy (non-hydrogen) atoms. The summed E-state index contributed by atoms with van der Waals surface area (Å²) in [5.41, 5.74) is 0.758. The van der Waals surface area contributed by atoms with Crippen LogP contribution in [0.2, 0.25) is 5.02 Å². The predicted molar refractivity (Wildman–Crippen MR) is 91.3 cm³/mol. The molecule has 0 radical (unpaired) electrons. The quantitative estimate of drug-likeness (QED) is 0.879. The minimum absolute atomic E-state index is 0.0517. The Balaban J connectivity index is 1.39. The maximum absolute atomic E-state index is 12.6. The lowest BCUT2D eigenvalue weighted by molar-refractivity contribution is -0.130. The van der Waals surface area contributed by atoms with Crippen LogP contribution >= 0.6 is 11.6 Å². The lowest BCUT2D eigenvalue weighted by Gasteiger charge is -2.34. The Morgan fingerprint density at radius 1 is 1.16 bits per heavy atom. The van der Waals surface area contributed by atoms with Gasteiger partial charge in [0.15, 0.2) is 11.5 Å². The van der Waals surface area contributed by atoms with Crippen LogP contribution in [0.3, 0.4) is 0 Å². The fourth-order valence-corrected chi connectivity index (χ4v) is 3.26. The van der Waals surface area contributed by atoms with E-state index in [9.17, 15) is 4.79 Å². The van der Waals surface area contributed by atoms with Crippen molar-refractivity contribution in [2.45, 2.75) is 6.42 Å². The highest BCUT2D eigenvalue weighted by Crippen LogP contribution is 2.35. The van der Waals surface area contributed by atoms with Gasteiger partial charge in [-0.05, 0) is 11.6 Å². The molecule has 2 aromatic rings. The van der Waals surface area contributed by atoms with Crippen molar-refractivity contribution < 1.29 is 14.3 Å². The molecule has 1 amide bonds. The van der Waals surface area contributed by atoms with E-state index in [2.05, 4.69) is 20.1 Å². The number of halogens is 1. The minimum atomic E-state index is 0.0517. The van der Waals surface area contributed by atoms with Gasteiger partial charge in [-0.2, -0.15) is 10.1 Å². The van der Waals surface area contributed by atoms with E-state index in [0.717, 1.165) is 24.6 Å². The number of H-pyrrole nitrogens is 1. The number of anilines is 1. The van der Waals surface area contributed by atoms with E-state index in [-0.39, 0.29) is 12.3 Å². The third kappa shape index (κ3) is 3.34. The predicted octanol–water partition coefficient (Wildman–Crippen LogP) is 1.12. The SMILES string of the molecule is O=C(Cc1cc2c(cc1Cl)OCCO2)N1CCN(c2ncn[nH]2)CC1. The number of aromatic amines is 1. The Morgan fingerprint density at radius 3 is 2.56 bits per heavy atom. The average molecular weight is 364 g/mol. The summed E-state index contributed by atoms with van der Waals surface area (Å²) in [6, 6.07) is 3.53. The van der Waals surface area contributed by atoms with Gasteiger partial charge >= 0.3 is 0 Å². The number of hydrogen-bond acceptors (Lipinski definition) is 6. The molecule has 9 heteroatoms. The maximum Gasteiger partial charge on any atom is 0.227 e. The Kier molecular flexibility index (Phi) is 4.35. The summed E-state index contributed by atoms with van der Waals surface area (Å²) < 4.78 is 11.1. The van der Waals surface area contributed by atoms with Gasteiger partial charge in [-0.3, -0.25) is 4.79 Å². The molecule has 1 N–H and O–H groups in total. The van der Waals surface area contributed by atoms with E-state index in [0.29, 0.717) is 42.8 Å². The summed E-state index contributed by atoms with van der Waals surface area (Å²) in [6.07, 6.45) is 1.73. The number of hydrogen-bond donors (Lipinski definition) is 1. The molecule has 1 saturated heterocycles. The molecule has 0 unspecified atom stereocenters. The van der Waals surface area contributed by atoms with Crippen LogP contribution in [0.25, 0.3) is 0 Å². The van der Waals surface area contributed by atoms with E-state index >= 15 is 0 Å². The summed E-state index contributed by atoms with van der Waals surface area (Å²) in [4.78, 5) is 20.7. The van der Waals surface area contributed by atoms with Crippen molar-refractivity contribution in [3.05, 3.63) is 29.0 Å². The van der Waals surface area contributed by atoms with Gasteiger partial charge in [0.25, 0.3) is 0 Å². The highest BCUT2D eigenvalue weighted by Gasteiger charge is 2.24. The number of fused-ring (bicyclic) bond motifs is 1. The standard InChI is InChI=1S/C16H18ClN5O3/c17-12-9-14-13(24-5-6-25-14)7-11(12)8-15(23)21-1-3-22(4-2-21)16-18-10-19-20-16/h7,9-10H,1-6,8H2,(H,18,19,20). The first-order valence-corrected chi connectivity index (χ1v) is 8.54. The molecule has 1 aromatic heterocycles. The van der Waals surface area contributed by atoms with Crippen molar-refractivity contribution in [2.75, 3.05) is 44.3 Å². The molecule has 4 rings (SSSR count). The van der Waals surface area contributed by atoms with Gasteiger partial charge < -0.3 is 19.3 Å². The van der Waals surface area contributed by atoms with E-state index in [1.165, 1.54) is 6.33 Å². The van der Waals surface area contributed by atoms with Crippen LogP contribution in [0.5, 0.6) is 11.5 Å². The Labute approximate surface area is 149 Å². The molecule has 2 aliphatic rings. The molecule has 1 fully saturated rings. The lowest BCUT2D eigenvalue weighted by Crippen LogP contribution is -2.49. The number of rotatable bonds is 3. The Morgan fingerprint density at radius 2 is 1.88 bits per heavy atom. The van der Waals surface area contributed by atoms with Crippen molar-refractivity contribution >= 4 is 23.5 Å². The maximum atomic E-state index is 12.6. The Hall–Kier alpha value is -2.48. The largest absolute Gasteiger partial charge is 0.486 e. The highest BCUT2D eigenvalue weighted by atomic mass is 35.5. The summed E-state index contributed by atoms with van der Waals surface area (Å²) in [7, 11) is 0. The van der Waals surface area contributed by atoms with Crippen LogP contribution in [-0.4, -0.2) is 65.4 Å². The van der Waals surface area contributed by atoms with Gasteiger partial charge in [0.2, 0.25) is 11.9 Å². The van der Waals surface area contributed by atoms with Gasteiger partial charge in [0.1, 0.15) is 19.5 Å². The van der Waals surface area contributed by atoms with Crippen molar-refractivity contribution in [3.8, 4) is 11.5 Å². The number of ether oxygens (including phenoxy) is 2. The molecular formula is C16H18ClN5O3. The first-order valence-electron chi connectivity index (χ1n) is 8.17. The molecule has 0 saturated carbocycles. The lowest BCUT2D eigenvalue weighted by atomic mass is 10.1. The highest BCUT2D eigenvalue weighted by molar-refractivity contribution is 6.31. The van der Waals surface area contributed by atoms with Gasteiger partial charge in [-0.25, -0.2) is 5.10 Å². The summed E-state index contributed by atoms with van der Waals surface area (Å²) in [5.74, 6) is 2.07. The molecule has 0 spiro atoms. The zero-order valence-electron chi connectivity index (χ0n) is 13.6. The summed E-state index contributed by atoms with van der Waals surface area (Å²) in [6.45, 7) is 3.73. The monoisotopic (exact) mass is 363 g/mol. The number of amides is 1. The average Bonchev–Trinajstić information content (AvgIpc) is 3.17. The van der Waals surface area contributed by atoms with E-state index < -0.39 is 0 Å². The second kappa shape index (κ2) is 6.79. The fraction of sp³-hybridized carbons (Fsp3) is 0.438. The van der Waals surface area contributed by atoms with Crippen molar-refractivity contribution in [3.63, 3.8) is 0 Å². The molecule has 132 valence electrons. The molecule has 0 atom stereocenters. The first-order chi connectivity index (χ1) is 12.2. The number of nitrogens with zero attached hydrogens (tertiary/aromatic N) is 4. The van der Waals surface area contributed by atoms with Crippen LogP contribution in [0, 0.1) is 0 Å². The molecular weight excluding hydrogens is 346 g/mol. The molecule has 3 heterocycles. The second-order valence-electron chi connectivity index (χ2n) is 5.94. The molecule has 1 aromatic carbocycles. The summed E-state index contributed by atoms with van der Waals surface area (Å²) in [5, 5.41) is 7.23. The zero-order valence-corrected chi connectivity index (χ0v) is 14.3. The van der Waals surface area contributed by atoms with Gasteiger partial charge in [0.05, 0.1) is 6.42 Å². The fourth-order valence-electron chi connectivity index (χ4n) is 3.04. The van der Waals surface area contributed by atoms with Gasteiger partial charge in [0, 0.05) is 37.3 Å². The Bertz CT molecular complexity index is 759. The molecule has 0 bridgehead atoms. The third-order valence-electron chi connectivity index (χ3n) is 4.39. The zero-order chi connectivity index (χ0) is 17.2. The van der Waals surface area contributed by atoms with Crippen LogP contribution < -0.4 is 14.4 Å². The van der Waals surface area contributed by atoms with Gasteiger partial charge in [-0.15, -0.1) is 0 Å². The molecule has 8 nitrogen and oxygen atoms in total. The van der Waals surface area contributed by atoms with E-state index in [1.807, 2.05) is 4.90 Å². The smallest absolute Gasteiger partial charge is 0.227 e. The number of nitrogens with one attached hydrogen (secondary N) is 1. The molecule has 0 aliphatic carbocycles. The van der Waals surface area contributed by atoms with Crippen molar-refractivity contribution in [2.24, 2.45) is 0 Å². The van der Waals surface area contributed by atoms with E-state index in [4.69, 9.17) is 21.1 Å². The topological polar surface area (TPSA) is 83.6 Å². The van der Waals surface area contributed by atoms with Crippen LogP contribution in [0.15, 0.2) is 18.5 Å². The first kappa shape index (κ1) is 16.0. The molecule has 2 aliphatic heterocycles. The van der Waals surface area contributed by atoms with Crippen molar-refractivity contribution in [1.29, 1.82) is 0 Å². The van der Waals surface area contributed by atoms with Crippen LogP contribution in [-0.2, 0) is 11.2 Å². The van der Waals surface area contributed by atoms with E-state index in [1.54, 1.807) is 12.1 Å². The number of carbonyl (C=O) groups excluding carboxylic acids is 1. The third-order valence-corrected chi connectivity index (χ3v) is 4.74. The van der Waals surface area contributed by atoms with Crippen LogP contribution in [0.4, 0.5) is 5.95 Å². The number of benzene rings is 1. The van der Waals surface area contributed by atoms with Gasteiger partial charge in [-0.1, -0.05) is 11.6 Å². The minimum Gasteiger partial charge on any atom is -0.486 e. The number of aromatic nitrogens is 3. The second-order valence-corrected chi connectivity index (χ2v) is 6.35. The number of piperazine rings is 1. The number of carbonyl (C=O) groups is 1. The summed E-state index contributed by atoms with van der Waals surface area (Å²) >= 11 is 6.30.